The third-order valence-corrected chi connectivity index (χ3v) is 3.24. The largest absolute Gasteiger partial charge is 0.312 e. The van der Waals surface area contributed by atoms with Crippen LogP contribution in [0, 0.1) is 0 Å². The zero-order valence-corrected chi connectivity index (χ0v) is 14.9. The molecular weight excluding hydrogens is 260 g/mol. The van der Waals surface area contributed by atoms with Crippen LogP contribution in [-0.4, -0.2) is 28.7 Å². The third kappa shape index (κ3) is 9.64. The predicted molar refractivity (Wildman–Crippen MR) is 89.4 cm³/mol. The Morgan fingerprint density at radius 2 is 1.48 bits per heavy atom. The molecule has 0 unspecified atom stereocenters. The molecule has 0 spiro atoms. The first kappa shape index (κ1) is 18.2. The summed E-state index contributed by atoms with van der Waals surface area (Å²) in [7, 11) is 0. The molecule has 0 amide bonds. The fourth-order valence-corrected chi connectivity index (χ4v) is 2.15. The van der Waals surface area contributed by atoms with Gasteiger partial charge in [-0.15, -0.1) is 0 Å². The quantitative estimate of drug-likeness (QED) is 0.570. The van der Waals surface area contributed by atoms with Gasteiger partial charge in [0, 0.05) is 11.1 Å². The second kappa shape index (κ2) is 7.95. The molecule has 0 aliphatic rings. The lowest BCUT2D eigenvalue weighted by molar-refractivity contribution is -0.696. The SMILES string of the molecule is CC(C)(C)NCCCn1cc[n+](CCCNC(C)(C)C)c1. The second-order valence-electron chi connectivity index (χ2n) is 7.95. The van der Waals surface area contributed by atoms with Crippen molar-refractivity contribution in [3.8, 4) is 0 Å². The summed E-state index contributed by atoms with van der Waals surface area (Å²) in [6.07, 6.45) is 8.89. The van der Waals surface area contributed by atoms with E-state index in [1.54, 1.807) is 0 Å². The lowest BCUT2D eigenvalue weighted by Crippen LogP contribution is -2.39. The Morgan fingerprint density at radius 1 is 0.905 bits per heavy atom. The van der Waals surface area contributed by atoms with Gasteiger partial charge in [-0.3, -0.25) is 0 Å². The van der Waals surface area contributed by atoms with Crippen LogP contribution in [-0.2, 0) is 13.1 Å². The molecule has 2 N–H and O–H groups in total. The monoisotopic (exact) mass is 295 g/mol. The molecule has 1 aromatic rings. The number of nitrogens with zero attached hydrogens (tertiary/aromatic N) is 2. The van der Waals surface area contributed by atoms with E-state index in [9.17, 15) is 0 Å². The molecule has 0 aromatic carbocycles. The van der Waals surface area contributed by atoms with Crippen LogP contribution in [0.25, 0.3) is 0 Å². The zero-order valence-electron chi connectivity index (χ0n) is 14.9. The molecule has 4 nitrogen and oxygen atoms in total. The van der Waals surface area contributed by atoms with E-state index in [4.69, 9.17) is 0 Å². The van der Waals surface area contributed by atoms with Crippen LogP contribution < -0.4 is 15.2 Å². The number of hydrogen-bond donors (Lipinski definition) is 2. The van der Waals surface area contributed by atoms with Crippen LogP contribution in [0.4, 0.5) is 0 Å². The molecular formula is C17H35N4+. The summed E-state index contributed by atoms with van der Waals surface area (Å²) >= 11 is 0. The molecule has 0 saturated heterocycles. The van der Waals surface area contributed by atoms with Crippen molar-refractivity contribution in [2.75, 3.05) is 13.1 Å². The molecule has 4 heteroatoms. The van der Waals surface area contributed by atoms with Crippen molar-refractivity contribution in [2.45, 2.75) is 78.6 Å². The van der Waals surface area contributed by atoms with E-state index in [0.717, 1.165) is 39.0 Å². The third-order valence-electron chi connectivity index (χ3n) is 3.24. The van der Waals surface area contributed by atoms with Crippen LogP contribution in [0.5, 0.6) is 0 Å². The highest BCUT2D eigenvalue weighted by Crippen LogP contribution is 1.99. The Morgan fingerprint density at radius 3 is 2.05 bits per heavy atom. The molecule has 0 bridgehead atoms. The summed E-state index contributed by atoms with van der Waals surface area (Å²) in [4.78, 5) is 0. The van der Waals surface area contributed by atoms with Gasteiger partial charge in [0.2, 0.25) is 6.33 Å². The lowest BCUT2D eigenvalue weighted by Gasteiger charge is -2.20. The van der Waals surface area contributed by atoms with E-state index in [-0.39, 0.29) is 11.1 Å². The fraction of sp³-hybridized carbons (Fsp3) is 0.824. The smallest absolute Gasteiger partial charge is 0.243 e. The van der Waals surface area contributed by atoms with Gasteiger partial charge in [0.25, 0.3) is 0 Å². The fourth-order valence-electron chi connectivity index (χ4n) is 2.15. The number of imidazole rings is 1. The first-order valence-electron chi connectivity index (χ1n) is 8.21. The van der Waals surface area contributed by atoms with Gasteiger partial charge in [-0.25, -0.2) is 9.13 Å². The predicted octanol–water partition coefficient (Wildman–Crippen LogP) is 2.33. The molecule has 0 aliphatic carbocycles. The summed E-state index contributed by atoms with van der Waals surface area (Å²) in [5, 5.41) is 7.05. The van der Waals surface area contributed by atoms with Gasteiger partial charge >= 0.3 is 0 Å². The number of aromatic nitrogens is 2. The van der Waals surface area contributed by atoms with Crippen molar-refractivity contribution in [1.82, 2.24) is 15.2 Å². The molecule has 1 heterocycles. The highest BCUT2D eigenvalue weighted by atomic mass is 15.1. The standard InChI is InChI=1S/C17H35N4/c1-16(2,3)18-9-7-11-20-13-14-21(15-20)12-8-10-19-17(4,5)6/h13-15,18-19H,7-12H2,1-6H3/q+1. The van der Waals surface area contributed by atoms with Crippen molar-refractivity contribution in [3.63, 3.8) is 0 Å². The van der Waals surface area contributed by atoms with Gasteiger partial charge in [-0.05, 0) is 67.5 Å². The average Bonchev–Trinajstić information content (AvgIpc) is 2.76. The van der Waals surface area contributed by atoms with E-state index >= 15 is 0 Å². The molecule has 122 valence electrons. The topological polar surface area (TPSA) is 32.9 Å². The maximum atomic E-state index is 3.53. The molecule has 1 aromatic heterocycles. The Kier molecular flexibility index (Phi) is 6.88. The first-order valence-corrected chi connectivity index (χ1v) is 8.21. The van der Waals surface area contributed by atoms with Crippen LogP contribution in [0.2, 0.25) is 0 Å². The molecule has 21 heavy (non-hydrogen) atoms. The van der Waals surface area contributed by atoms with Gasteiger partial charge in [0.05, 0.1) is 13.1 Å². The highest BCUT2D eigenvalue weighted by molar-refractivity contribution is 4.71. The van der Waals surface area contributed by atoms with Crippen molar-refractivity contribution in [2.24, 2.45) is 0 Å². The molecule has 0 atom stereocenters. The van der Waals surface area contributed by atoms with E-state index in [1.165, 1.54) is 0 Å². The Bertz CT molecular complexity index is 359. The maximum absolute atomic E-state index is 3.53. The van der Waals surface area contributed by atoms with Crippen molar-refractivity contribution in [1.29, 1.82) is 0 Å². The molecule has 0 radical (unpaired) electrons. The van der Waals surface area contributed by atoms with Gasteiger partial charge in [0.15, 0.2) is 0 Å². The summed E-state index contributed by atoms with van der Waals surface area (Å²) < 4.78 is 4.56. The number of aryl methyl sites for hydroxylation is 2. The van der Waals surface area contributed by atoms with E-state index < -0.39 is 0 Å². The van der Waals surface area contributed by atoms with Crippen LogP contribution in [0.3, 0.4) is 0 Å². The Labute approximate surface area is 130 Å². The normalized spacial score (nSPS) is 12.9. The highest BCUT2D eigenvalue weighted by Gasteiger charge is 2.10. The lowest BCUT2D eigenvalue weighted by atomic mass is 10.1. The van der Waals surface area contributed by atoms with Crippen molar-refractivity contribution < 1.29 is 4.57 Å². The van der Waals surface area contributed by atoms with E-state index in [0.29, 0.717) is 0 Å². The second-order valence-corrected chi connectivity index (χ2v) is 7.95. The molecule has 1 rings (SSSR count). The van der Waals surface area contributed by atoms with E-state index in [2.05, 4.69) is 80.0 Å². The van der Waals surface area contributed by atoms with E-state index in [1.807, 2.05) is 0 Å². The zero-order chi connectivity index (χ0) is 15.9. The van der Waals surface area contributed by atoms with Crippen LogP contribution in [0.1, 0.15) is 54.4 Å². The molecule has 0 aliphatic heterocycles. The molecule has 0 fully saturated rings. The van der Waals surface area contributed by atoms with Gasteiger partial charge in [-0.2, -0.15) is 0 Å². The summed E-state index contributed by atoms with van der Waals surface area (Å²) in [6, 6.07) is 0. The van der Waals surface area contributed by atoms with Crippen LogP contribution in [0.15, 0.2) is 18.7 Å². The average molecular weight is 295 g/mol. The van der Waals surface area contributed by atoms with Crippen molar-refractivity contribution in [3.05, 3.63) is 18.7 Å². The van der Waals surface area contributed by atoms with Gasteiger partial charge < -0.3 is 10.6 Å². The Hall–Kier alpha value is -0.870. The minimum absolute atomic E-state index is 0.219. The van der Waals surface area contributed by atoms with Gasteiger partial charge in [0.1, 0.15) is 12.4 Å². The van der Waals surface area contributed by atoms with Gasteiger partial charge in [-0.1, -0.05) is 0 Å². The summed E-state index contributed by atoms with van der Waals surface area (Å²) in [5.74, 6) is 0. The van der Waals surface area contributed by atoms with Crippen molar-refractivity contribution >= 4 is 0 Å². The number of rotatable bonds is 8. The number of nitrogens with one attached hydrogen (secondary N) is 2. The summed E-state index contributed by atoms with van der Waals surface area (Å²) in [6.45, 7) is 17.6. The molecule has 0 saturated carbocycles. The first-order chi connectivity index (χ1) is 9.66. The van der Waals surface area contributed by atoms with Crippen LogP contribution >= 0.6 is 0 Å². The maximum Gasteiger partial charge on any atom is 0.243 e. The minimum Gasteiger partial charge on any atom is -0.312 e. The number of hydrogen-bond acceptors (Lipinski definition) is 2. The summed E-state index contributed by atoms with van der Waals surface area (Å²) in [5.41, 5.74) is 0.438. The Balaban J connectivity index is 2.18. The minimum atomic E-state index is 0.219.